The third kappa shape index (κ3) is 1.81. The van der Waals surface area contributed by atoms with Crippen LogP contribution in [0.1, 0.15) is 11.1 Å². The largest absolute Gasteiger partial charge is 0.384 e. The third-order valence-electron chi connectivity index (χ3n) is 3.00. The summed E-state index contributed by atoms with van der Waals surface area (Å²) < 4.78 is 1.60. The molecule has 0 spiro atoms. The molecular formula is C12H14N4O2. The van der Waals surface area contributed by atoms with Gasteiger partial charge in [0.2, 0.25) is 0 Å². The summed E-state index contributed by atoms with van der Waals surface area (Å²) in [7, 11) is 1.77. The number of nitro benzene ring substituents is 1. The van der Waals surface area contributed by atoms with Gasteiger partial charge in [-0.2, -0.15) is 5.10 Å². The molecule has 0 saturated carbocycles. The van der Waals surface area contributed by atoms with Crippen LogP contribution in [0, 0.1) is 24.0 Å². The Morgan fingerprint density at radius 1 is 1.39 bits per heavy atom. The van der Waals surface area contributed by atoms with Gasteiger partial charge in [-0.3, -0.25) is 14.8 Å². The lowest BCUT2D eigenvalue weighted by Crippen LogP contribution is -1.97. The number of rotatable bonds is 2. The van der Waals surface area contributed by atoms with Crippen molar-refractivity contribution in [1.82, 2.24) is 9.78 Å². The minimum absolute atomic E-state index is 0.111. The zero-order valence-electron chi connectivity index (χ0n) is 10.5. The van der Waals surface area contributed by atoms with E-state index in [-0.39, 0.29) is 5.69 Å². The Balaban J connectivity index is 2.55. The summed E-state index contributed by atoms with van der Waals surface area (Å²) in [4.78, 5) is 10.4. The molecule has 18 heavy (non-hydrogen) atoms. The normalized spacial score (nSPS) is 10.6. The quantitative estimate of drug-likeness (QED) is 0.650. The zero-order chi connectivity index (χ0) is 13.4. The number of nitro groups is 1. The predicted molar refractivity (Wildman–Crippen MR) is 69.2 cm³/mol. The maximum Gasteiger partial charge on any atom is 0.272 e. The Bertz CT molecular complexity index is 631. The van der Waals surface area contributed by atoms with E-state index in [4.69, 9.17) is 5.73 Å². The SMILES string of the molecule is Cc1cc(-c2nn(C)c(N)c2C)ccc1[N+](=O)[O-]. The topological polar surface area (TPSA) is 87.0 Å². The Morgan fingerprint density at radius 3 is 2.50 bits per heavy atom. The van der Waals surface area contributed by atoms with Gasteiger partial charge in [0.1, 0.15) is 5.82 Å². The Kier molecular flexibility index (Phi) is 2.78. The van der Waals surface area contributed by atoms with Crippen molar-refractivity contribution in [3.05, 3.63) is 39.4 Å². The van der Waals surface area contributed by atoms with E-state index in [1.807, 2.05) is 6.92 Å². The van der Waals surface area contributed by atoms with E-state index >= 15 is 0 Å². The maximum absolute atomic E-state index is 10.8. The highest BCUT2D eigenvalue weighted by Gasteiger charge is 2.15. The van der Waals surface area contributed by atoms with Gasteiger partial charge in [-0.25, -0.2) is 0 Å². The Hall–Kier alpha value is -2.37. The van der Waals surface area contributed by atoms with Crippen LogP contribution in [-0.4, -0.2) is 14.7 Å². The summed E-state index contributed by atoms with van der Waals surface area (Å²) in [5.41, 5.74) is 9.05. The second-order valence-corrected chi connectivity index (χ2v) is 4.24. The van der Waals surface area contributed by atoms with Crippen molar-refractivity contribution in [2.24, 2.45) is 7.05 Å². The van der Waals surface area contributed by atoms with Crippen LogP contribution in [0.15, 0.2) is 18.2 Å². The summed E-state index contributed by atoms with van der Waals surface area (Å²) in [5, 5.41) is 15.1. The molecule has 2 rings (SSSR count). The molecule has 6 heteroatoms. The van der Waals surface area contributed by atoms with E-state index in [0.29, 0.717) is 11.4 Å². The van der Waals surface area contributed by atoms with E-state index in [9.17, 15) is 10.1 Å². The van der Waals surface area contributed by atoms with Crippen molar-refractivity contribution in [1.29, 1.82) is 0 Å². The zero-order valence-corrected chi connectivity index (χ0v) is 10.5. The van der Waals surface area contributed by atoms with Crippen molar-refractivity contribution < 1.29 is 4.92 Å². The first-order chi connectivity index (χ1) is 8.41. The highest BCUT2D eigenvalue weighted by atomic mass is 16.6. The van der Waals surface area contributed by atoms with Crippen molar-refractivity contribution >= 4 is 11.5 Å². The fourth-order valence-corrected chi connectivity index (χ4v) is 1.92. The molecule has 0 aliphatic rings. The number of nitrogens with two attached hydrogens (primary N) is 1. The second kappa shape index (κ2) is 4.14. The van der Waals surface area contributed by atoms with Gasteiger partial charge in [0.25, 0.3) is 5.69 Å². The standard InChI is InChI=1S/C12H14N4O2/c1-7-6-9(4-5-10(7)16(17)18)11-8(2)12(13)15(3)14-11/h4-6H,13H2,1-3H3. The molecule has 0 atom stereocenters. The van der Waals surface area contributed by atoms with Gasteiger partial charge in [0, 0.05) is 29.8 Å². The summed E-state index contributed by atoms with van der Waals surface area (Å²) in [6.45, 7) is 3.59. The van der Waals surface area contributed by atoms with Crippen LogP contribution in [-0.2, 0) is 7.05 Å². The van der Waals surface area contributed by atoms with Gasteiger partial charge >= 0.3 is 0 Å². The minimum atomic E-state index is -0.390. The van der Waals surface area contributed by atoms with E-state index < -0.39 is 4.92 Å². The average molecular weight is 246 g/mol. The molecule has 1 aromatic carbocycles. The van der Waals surface area contributed by atoms with Crippen LogP contribution in [0.25, 0.3) is 11.3 Å². The van der Waals surface area contributed by atoms with Crippen LogP contribution in [0.3, 0.4) is 0 Å². The van der Waals surface area contributed by atoms with Crippen LogP contribution in [0.4, 0.5) is 11.5 Å². The average Bonchev–Trinajstić information content (AvgIpc) is 2.56. The van der Waals surface area contributed by atoms with E-state index in [2.05, 4.69) is 5.10 Å². The lowest BCUT2D eigenvalue weighted by Gasteiger charge is -2.01. The molecule has 0 bridgehead atoms. The summed E-state index contributed by atoms with van der Waals surface area (Å²) in [6.07, 6.45) is 0. The Labute approximate surface area is 104 Å². The van der Waals surface area contributed by atoms with Crippen LogP contribution in [0.2, 0.25) is 0 Å². The summed E-state index contributed by atoms with van der Waals surface area (Å²) in [6, 6.07) is 4.95. The molecule has 6 nitrogen and oxygen atoms in total. The summed E-state index contributed by atoms with van der Waals surface area (Å²) >= 11 is 0. The van der Waals surface area contributed by atoms with Gasteiger partial charge in [0.15, 0.2) is 0 Å². The van der Waals surface area contributed by atoms with Crippen LogP contribution in [0.5, 0.6) is 0 Å². The molecule has 94 valence electrons. The third-order valence-corrected chi connectivity index (χ3v) is 3.00. The number of nitrogen functional groups attached to an aromatic ring is 1. The fraction of sp³-hybridized carbons (Fsp3) is 0.250. The predicted octanol–water partition coefficient (Wildman–Crippen LogP) is 2.19. The first-order valence-corrected chi connectivity index (χ1v) is 5.46. The number of nitrogens with zero attached hydrogens (tertiary/aromatic N) is 3. The lowest BCUT2D eigenvalue weighted by molar-refractivity contribution is -0.385. The number of hydrogen-bond donors (Lipinski definition) is 1. The molecule has 0 aliphatic heterocycles. The van der Waals surface area contributed by atoms with Crippen molar-refractivity contribution in [2.75, 3.05) is 5.73 Å². The second-order valence-electron chi connectivity index (χ2n) is 4.24. The van der Waals surface area contributed by atoms with Gasteiger partial charge in [-0.1, -0.05) is 0 Å². The Morgan fingerprint density at radius 2 is 2.06 bits per heavy atom. The van der Waals surface area contributed by atoms with Gasteiger partial charge < -0.3 is 5.73 Å². The number of aromatic nitrogens is 2. The number of anilines is 1. The molecule has 0 radical (unpaired) electrons. The number of aryl methyl sites for hydroxylation is 2. The molecule has 1 heterocycles. The van der Waals surface area contributed by atoms with Crippen molar-refractivity contribution in [3.8, 4) is 11.3 Å². The van der Waals surface area contributed by atoms with E-state index in [1.54, 1.807) is 30.8 Å². The van der Waals surface area contributed by atoms with Gasteiger partial charge in [-0.05, 0) is 26.0 Å². The maximum atomic E-state index is 10.8. The first-order valence-electron chi connectivity index (χ1n) is 5.46. The van der Waals surface area contributed by atoms with Crippen LogP contribution < -0.4 is 5.73 Å². The molecule has 0 fully saturated rings. The van der Waals surface area contributed by atoms with Gasteiger partial charge in [0.05, 0.1) is 10.6 Å². The molecule has 0 unspecified atom stereocenters. The minimum Gasteiger partial charge on any atom is -0.384 e. The molecular weight excluding hydrogens is 232 g/mol. The van der Waals surface area contributed by atoms with Gasteiger partial charge in [-0.15, -0.1) is 0 Å². The lowest BCUT2D eigenvalue weighted by atomic mass is 10.0. The van der Waals surface area contributed by atoms with Crippen LogP contribution >= 0.6 is 0 Å². The molecule has 0 aliphatic carbocycles. The van der Waals surface area contributed by atoms with E-state index in [1.165, 1.54) is 6.07 Å². The highest BCUT2D eigenvalue weighted by molar-refractivity contribution is 5.70. The molecule has 0 amide bonds. The van der Waals surface area contributed by atoms with Crippen molar-refractivity contribution in [2.45, 2.75) is 13.8 Å². The smallest absolute Gasteiger partial charge is 0.272 e. The molecule has 1 aromatic heterocycles. The van der Waals surface area contributed by atoms with E-state index in [0.717, 1.165) is 16.8 Å². The molecule has 2 N–H and O–H groups in total. The first kappa shape index (κ1) is 12.1. The summed E-state index contributed by atoms with van der Waals surface area (Å²) in [5.74, 6) is 0.598. The number of benzene rings is 1. The fourth-order valence-electron chi connectivity index (χ4n) is 1.92. The highest BCUT2D eigenvalue weighted by Crippen LogP contribution is 2.29. The number of hydrogen-bond acceptors (Lipinski definition) is 4. The molecule has 2 aromatic rings. The monoisotopic (exact) mass is 246 g/mol. The van der Waals surface area contributed by atoms with Crippen molar-refractivity contribution in [3.63, 3.8) is 0 Å². The molecule has 0 saturated heterocycles.